The average Bonchev–Trinajstić information content (AvgIpc) is 3.05. The van der Waals surface area contributed by atoms with Crippen molar-refractivity contribution in [3.05, 3.63) is 53.1 Å². The number of anilines is 1. The van der Waals surface area contributed by atoms with Crippen LogP contribution in [0.25, 0.3) is 21.8 Å². The molecule has 1 atom stereocenters. The molecule has 1 unspecified atom stereocenters. The van der Waals surface area contributed by atoms with Crippen LogP contribution in [0.4, 0.5) is 5.69 Å². The summed E-state index contributed by atoms with van der Waals surface area (Å²) < 4.78 is 0. The third kappa shape index (κ3) is 3.71. The van der Waals surface area contributed by atoms with Gasteiger partial charge in [0.05, 0.1) is 11.3 Å². The molecule has 0 amide bonds. The maximum absolute atomic E-state index is 5.95. The number of nitrogens with zero attached hydrogens (tertiary/aromatic N) is 2. The van der Waals surface area contributed by atoms with Gasteiger partial charge in [0.15, 0.2) is 0 Å². The van der Waals surface area contributed by atoms with Crippen LogP contribution >= 0.6 is 22.9 Å². The standard InChI is InChI=1S/C18H18ClN3S/c1-3-12(2)21-16-8-9-20-10-15(16)18-22-17(11-23-18)13-4-6-14(19)7-5-13/h4-12H,3H2,1-2H3,(H,20,21). The molecular weight excluding hydrogens is 326 g/mol. The molecule has 0 spiro atoms. The predicted molar refractivity (Wildman–Crippen MR) is 99.2 cm³/mol. The van der Waals surface area contributed by atoms with Crippen LogP contribution in [0.2, 0.25) is 5.02 Å². The highest BCUT2D eigenvalue weighted by Gasteiger charge is 2.12. The van der Waals surface area contributed by atoms with Crippen molar-refractivity contribution < 1.29 is 0 Å². The first-order valence-electron chi connectivity index (χ1n) is 7.59. The minimum absolute atomic E-state index is 0.409. The van der Waals surface area contributed by atoms with Gasteiger partial charge >= 0.3 is 0 Å². The Morgan fingerprint density at radius 1 is 1.22 bits per heavy atom. The van der Waals surface area contributed by atoms with E-state index in [1.54, 1.807) is 11.3 Å². The lowest BCUT2D eigenvalue weighted by atomic mass is 10.1. The second-order valence-electron chi connectivity index (χ2n) is 5.42. The van der Waals surface area contributed by atoms with Gasteiger partial charge in [-0.3, -0.25) is 4.98 Å². The number of halogens is 1. The van der Waals surface area contributed by atoms with Crippen LogP contribution < -0.4 is 5.32 Å². The van der Waals surface area contributed by atoms with Crippen LogP contribution in [0, 0.1) is 0 Å². The SMILES string of the molecule is CCC(C)Nc1ccncc1-c1nc(-c2ccc(Cl)cc2)cs1. The van der Waals surface area contributed by atoms with Gasteiger partial charge in [-0.2, -0.15) is 0 Å². The fourth-order valence-corrected chi connectivity index (χ4v) is 3.19. The van der Waals surface area contributed by atoms with Gasteiger partial charge < -0.3 is 5.32 Å². The zero-order chi connectivity index (χ0) is 16.2. The minimum Gasteiger partial charge on any atom is -0.382 e. The van der Waals surface area contributed by atoms with Crippen LogP contribution in [0.1, 0.15) is 20.3 Å². The highest BCUT2D eigenvalue weighted by atomic mass is 35.5. The van der Waals surface area contributed by atoms with Crippen LogP contribution in [0.15, 0.2) is 48.1 Å². The number of pyridine rings is 1. The first-order chi connectivity index (χ1) is 11.2. The Labute approximate surface area is 145 Å². The molecule has 3 nitrogen and oxygen atoms in total. The fraction of sp³-hybridized carbons (Fsp3) is 0.222. The normalized spacial score (nSPS) is 12.1. The molecule has 23 heavy (non-hydrogen) atoms. The van der Waals surface area contributed by atoms with E-state index in [0.29, 0.717) is 6.04 Å². The summed E-state index contributed by atoms with van der Waals surface area (Å²) in [6.45, 7) is 4.34. The Bertz CT molecular complexity index is 783. The summed E-state index contributed by atoms with van der Waals surface area (Å²) in [5, 5.41) is 7.29. The molecule has 0 fully saturated rings. The van der Waals surface area contributed by atoms with Gasteiger partial charge in [-0.1, -0.05) is 30.7 Å². The molecule has 0 bridgehead atoms. The number of nitrogens with one attached hydrogen (secondary N) is 1. The molecule has 0 saturated carbocycles. The first kappa shape index (κ1) is 16.0. The predicted octanol–water partition coefficient (Wildman–Crippen LogP) is 5.74. The summed E-state index contributed by atoms with van der Waals surface area (Å²) in [6.07, 6.45) is 4.74. The van der Waals surface area contributed by atoms with E-state index in [9.17, 15) is 0 Å². The highest BCUT2D eigenvalue weighted by Crippen LogP contribution is 2.33. The van der Waals surface area contributed by atoms with Crippen molar-refractivity contribution in [2.75, 3.05) is 5.32 Å². The molecule has 0 aliphatic heterocycles. The van der Waals surface area contributed by atoms with E-state index in [2.05, 4.69) is 29.5 Å². The van der Waals surface area contributed by atoms with E-state index in [0.717, 1.165) is 39.0 Å². The van der Waals surface area contributed by atoms with Crippen LogP contribution in [0.3, 0.4) is 0 Å². The molecule has 2 heterocycles. The first-order valence-corrected chi connectivity index (χ1v) is 8.85. The van der Waals surface area contributed by atoms with Crippen molar-refractivity contribution in [3.63, 3.8) is 0 Å². The number of thiazole rings is 1. The van der Waals surface area contributed by atoms with Gasteiger partial charge in [0, 0.05) is 40.1 Å². The summed E-state index contributed by atoms with van der Waals surface area (Å²) in [5.74, 6) is 0. The number of aromatic nitrogens is 2. The summed E-state index contributed by atoms with van der Waals surface area (Å²) in [4.78, 5) is 9.03. The number of rotatable bonds is 5. The van der Waals surface area contributed by atoms with Crippen LogP contribution in [0.5, 0.6) is 0 Å². The fourth-order valence-electron chi connectivity index (χ4n) is 2.21. The van der Waals surface area contributed by atoms with Crippen molar-refractivity contribution in [1.29, 1.82) is 0 Å². The Morgan fingerprint density at radius 3 is 2.74 bits per heavy atom. The third-order valence-corrected chi connectivity index (χ3v) is 4.84. The van der Waals surface area contributed by atoms with Crippen molar-refractivity contribution in [3.8, 4) is 21.8 Å². The van der Waals surface area contributed by atoms with Crippen molar-refractivity contribution in [1.82, 2.24) is 9.97 Å². The van der Waals surface area contributed by atoms with E-state index in [4.69, 9.17) is 16.6 Å². The summed E-state index contributed by atoms with van der Waals surface area (Å²) in [7, 11) is 0. The van der Waals surface area contributed by atoms with E-state index in [1.165, 1.54) is 0 Å². The largest absolute Gasteiger partial charge is 0.382 e. The molecule has 0 saturated heterocycles. The molecule has 0 aliphatic rings. The summed E-state index contributed by atoms with van der Waals surface area (Å²) in [5.41, 5.74) is 4.14. The van der Waals surface area contributed by atoms with E-state index < -0.39 is 0 Å². The maximum Gasteiger partial charge on any atom is 0.127 e. The van der Waals surface area contributed by atoms with E-state index in [-0.39, 0.29) is 0 Å². The lowest BCUT2D eigenvalue weighted by molar-refractivity contribution is 0.764. The quantitative estimate of drug-likeness (QED) is 0.642. The summed E-state index contributed by atoms with van der Waals surface area (Å²) in [6, 6.07) is 10.2. The Morgan fingerprint density at radius 2 is 2.00 bits per heavy atom. The Balaban J connectivity index is 1.93. The van der Waals surface area contributed by atoms with Crippen LogP contribution in [-0.4, -0.2) is 16.0 Å². The molecular formula is C18H18ClN3S. The summed E-state index contributed by atoms with van der Waals surface area (Å²) >= 11 is 7.58. The lowest BCUT2D eigenvalue weighted by Crippen LogP contribution is -2.14. The average molecular weight is 344 g/mol. The smallest absolute Gasteiger partial charge is 0.127 e. The van der Waals surface area contributed by atoms with Crippen molar-refractivity contribution in [2.24, 2.45) is 0 Å². The van der Waals surface area contributed by atoms with Crippen molar-refractivity contribution in [2.45, 2.75) is 26.3 Å². The number of hydrogen-bond donors (Lipinski definition) is 1. The Hall–Kier alpha value is -1.91. The van der Waals surface area contributed by atoms with Gasteiger partial charge in [-0.05, 0) is 31.5 Å². The van der Waals surface area contributed by atoms with Gasteiger partial charge in [0.25, 0.3) is 0 Å². The molecule has 3 rings (SSSR count). The topological polar surface area (TPSA) is 37.8 Å². The van der Waals surface area contributed by atoms with Gasteiger partial charge in [-0.25, -0.2) is 4.98 Å². The zero-order valence-corrected chi connectivity index (χ0v) is 14.7. The van der Waals surface area contributed by atoms with E-state index in [1.807, 2.05) is 42.7 Å². The number of benzene rings is 1. The minimum atomic E-state index is 0.409. The molecule has 118 valence electrons. The molecule has 2 aromatic heterocycles. The highest BCUT2D eigenvalue weighted by molar-refractivity contribution is 7.13. The van der Waals surface area contributed by atoms with Crippen LogP contribution in [-0.2, 0) is 0 Å². The molecule has 1 N–H and O–H groups in total. The third-order valence-electron chi connectivity index (χ3n) is 3.71. The Kier molecular flexibility index (Phi) is 4.94. The number of hydrogen-bond acceptors (Lipinski definition) is 4. The molecule has 1 aromatic carbocycles. The second-order valence-corrected chi connectivity index (χ2v) is 6.71. The molecule has 0 aliphatic carbocycles. The lowest BCUT2D eigenvalue weighted by Gasteiger charge is -2.15. The zero-order valence-electron chi connectivity index (χ0n) is 13.1. The monoisotopic (exact) mass is 343 g/mol. The molecule has 0 radical (unpaired) electrons. The molecule has 5 heteroatoms. The van der Waals surface area contributed by atoms with Gasteiger partial charge in [0.1, 0.15) is 5.01 Å². The van der Waals surface area contributed by atoms with E-state index >= 15 is 0 Å². The van der Waals surface area contributed by atoms with Gasteiger partial charge in [0.2, 0.25) is 0 Å². The second kappa shape index (κ2) is 7.11. The molecule has 3 aromatic rings. The van der Waals surface area contributed by atoms with Crippen molar-refractivity contribution >= 4 is 28.6 Å². The van der Waals surface area contributed by atoms with Gasteiger partial charge in [-0.15, -0.1) is 11.3 Å². The maximum atomic E-state index is 5.95.